The van der Waals surface area contributed by atoms with E-state index in [-0.39, 0.29) is 5.41 Å². The van der Waals surface area contributed by atoms with Crippen molar-refractivity contribution >= 4 is 5.97 Å². The van der Waals surface area contributed by atoms with E-state index in [9.17, 15) is 9.90 Å². The first-order valence-corrected chi connectivity index (χ1v) is 13.7. The zero-order chi connectivity index (χ0) is 25.0. The summed E-state index contributed by atoms with van der Waals surface area (Å²) in [6, 6.07) is 21.6. The Hall–Kier alpha value is -2.68. The van der Waals surface area contributed by atoms with Gasteiger partial charge in [0.15, 0.2) is 0 Å². The summed E-state index contributed by atoms with van der Waals surface area (Å²) in [6.07, 6.45) is 9.55. The molecule has 1 saturated heterocycles. The van der Waals surface area contributed by atoms with E-state index in [1.807, 2.05) is 12.1 Å². The number of rotatable bonds is 11. The van der Waals surface area contributed by atoms with Crippen LogP contribution in [-0.4, -0.2) is 48.2 Å². The lowest BCUT2D eigenvalue weighted by Crippen LogP contribution is -2.52. The van der Waals surface area contributed by atoms with Crippen molar-refractivity contribution in [3.05, 3.63) is 71.3 Å². The van der Waals surface area contributed by atoms with Crippen molar-refractivity contribution in [2.24, 2.45) is 10.8 Å². The number of likely N-dealkylation sites (tertiary alicyclic amines) is 1. The predicted molar refractivity (Wildman–Crippen MR) is 142 cm³/mol. The van der Waals surface area contributed by atoms with Crippen molar-refractivity contribution in [1.29, 1.82) is 5.26 Å². The molecule has 2 aromatic carbocycles. The van der Waals surface area contributed by atoms with E-state index in [0.717, 1.165) is 76.7 Å². The van der Waals surface area contributed by atoms with Crippen molar-refractivity contribution in [1.82, 2.24) is 10.2 Å². The number of hydrogen-bond donors (Lipinski definition) is 2. The first kappa shape index (κ1) is 25.0. The summed E-state index contributed by atoms with van der Waals surface area (Å²) in [5, 5.41) is 22.8. The highest BCUT2D eigenvalue weighted by Crippen LogP contribution is 2.45. The number of carboxylic acid groups (broad SMARTS) is 1. The third-order valence-corrected chi connectivity index (χ3v) is 9.22. The van der Waals surface area contributed by atoms with Gasteiger partial charge in [-0.1, -0.05) is 48.9 Å². The second kappa shape index (κ2) is 10.7. The molecule has 0 bridgehead atoms. The number of nitrogens with zero attached hydrogens (tertiary/aromatic N) is 2. The van der Waals surface area contributed by atoms with Gasteiger partial charge in [-0.2, -0.15) is 5.26 Å². The SMILES string of the molecule is N#Cc1ccc(CCCC2(CN[C@@H]3CC3c3ccccc3)CCN(CC3(C(=O)O)CCC3)CC2)cc1. The minimum atomic E-state index is -0.602. The highest BCUT2D eigenvalue weighted by Gasteiger charge is 2.47. The highest BCUT2D eigenvalue weighted by atomic mass is 16.4. The minimum absolute atomic E-state index is 0.267. The number of hydrogen-bond acceptors (Lipinski definition) is 4. The van der Waals surface area contributed by atoms with Crippen LogP contribution in [0.4, 0.5) is 0 Å². The number of aryl methyl sites for hydroxylation is 1. The van der Waals surface area contributed by atoms with Gasteiger partial charge >= 0.3 is 5.97 Å². The number of carbonyl (C=O) groups is 1. The molecule has 0 spiro atoms. The smallest absolute Gasteiger partial charge is 0.310 e. The molecule has 2 aliphatic carbocycles. The molecule has 2 aromatic rings. The summed E-state index contributed by atoms with van der Waals surface area (Å²) in [5.41, 5.74) is 3.23. The molecular weight excluding hydrogens is 446 g/mol. The molecule has 1 heterocycles. The first-order chi connectivity index (χ1) is 17.5. The minimum Gasteiger partial charge on any atom is -0.481 e. The zero-order valence-electron chi connectivity index (χ0n) is 21.3. The Labute approximate surface area is 215 Å². The third kappa shape index (κ3) is 5.66. The summed E-state index contributed by atoms with van der Waals surface area (Å²) in [7, 11) is 0. The summed E-state index contributed by atoms with van der Waals surface area (Å²) in [4.78, 5) is 14.3. The lowest BCUT2D eigenvalue weighted by molar-refractivity contribution is -0.156. The first-order valence-electron chi connectivity index (χ1n) is 13.7. The van der Waals surface area contributed by atoms with Gasteiger partial charge in [0.1, 0.15) is 0 Å². The van der Waals surface area contributed by atoms with Gasteiger partial charge in [-0.25, -0.2) is 0 Å². The molecule has 190 valence electrons. The van der Waals surface area contributed by atoms with Crippen LogP contribution in [0.5, 0.6) is 0 Å². The van der Waals surface area contributed by atoms with Crippen molar-refractivity contribution in [3.8, 4) is 6.07 Å². The van der Waals surface area contributed by atoms with Crippen LogP contribution in [0.25, 0.3) is 0 Å². The molecule has 5 heteroatoms. The maximum Gasteiger partial charge on any atom is 0.310 e. The fourth-order valence-corrected chi connectivity index (χ4v) is 6.42. The van der Waals surface area contributed by atoms with E-state index in [2.05, 4.69) is 58.8 Å². The Morgan fingerprint density at radius 2 is 1.78 bits per heavy atom. The van der Waals surface area contributed by atoms with Gasteiger partial charge in [-0.05, 0) is 93.1 Å². The van der Waals surface area contributed by atoms with Gasteiger partial charge < -0.3 is 15.3 Å². The number of nitrogens with one attached hydrogen (secondary N) is 1. The molecule has 0 radical (unpaired) electrons. The van der Waals surface area contributed by atoms with E-state index in [4.69, 9.17) is 5.26 Å². The Morgan fingerprint density at radius 1 is 1.06 bits per heavy atom. The summed E-state index contributed by atoms with van der Waals surface area (Å²) in [5.74, 6) is 0.0337. The number of nitriles is 1. The fraction of sp³-hybridized carbons (Fsp3) is 0.548. The summed E-state index contributed by atoms with van der Waals surface area (Å²) < 4.78 is 0. The van der Waals surface area contributed by atoms with Crippen molar-refractivity contribution < 1.29 is 9.90 Å². The predicted octanol–water partition coefficient (Wildman–Crippen LogP) is 5.36. The number of benzene rings is 2. The van der Waals surface area contributed by atoms with Crippen molar-refractivity contribution in [2.75, 3.05) is 26.2 Å². The second-order valence-electron chi connectivity index (χ2n) is 11.6. The van der Waals surface area contributed by atoms with Crippen molar-refractivity contribution in [2.45, 2.75) is 69.7 Å². The maximum atomic E-state index is 11.9. The van der Waals surface area contributed by atoms with Crippen molar-refractivity contribution in [3.63, 3.8) is 0 Å². The highest BCUT2D eigenvalue weighted by molar-refractivity contribution is 5.76. The number of piperidine rings is 1. The molecule has 3 fully saturated rings. The van der Waals surface area contributed by atoms with Crippen LogP contribution in [-0.2, 0) is 11.2 Å². The van der Waals surface area contributed by atoms with Gasteiger partial charge in [0.2, 0.25) is 0 Å². The van der Waals surface area contributed by atoms with Gasteiger partial charge in [0.05, 0.1) is 17.0 Å². The number of carboxylic acids is 1. The molecule has 2 atom stereocenters. The molecule has 2 saturated carbocycles. The van der Waals surface area contributed by atoms with E-state index in [1.165, 1.54) is 24.0 Å². The molecule has 1 aliphatic heterocycles. The summed E-state index contributed by atoms with van der Waals surface area (Å²) in [6.45, 7) is 3.77. The van der Waals surface area contributed by atoms with E-state index < -0.39 is 11.4 Å². The van der Waals surface area contributed by atoms with Gasteiger partial charge in [0, 0.05) is 25.0 Å². The standard InChI is InChI=1S/C31H39N3O2/c32-21-25-11-9-24(10-12-25)6-4-13-30(22-33-28-20-27(28)26-7-2-1-3-8-26)16-18-34(19-17-30)23-31(29(35)36)14-5-15-31/h1-3,7-12,27-28,33H,4-6,13-20,22-23H2,(H,35,36)/t27?,28-/m1/s1. The molecule has 5 nitrogen and oxygen atoms in total. The Balaban J connectivity index is 1.18. The Kier molecular flexibility index (Phi) is 7.46. The van der Waals surface area contributed by atoms with Crippen LogP contribution < -0.4 is 5.32 Å². The van der Waals surface area contributed by atoms with Crippen LogP contribution in [0.3, 0.4) is 0 Å². The van der Waals surface area contributed by atoms with Gasteiger partial charge in [-0.15, -0.1) is 0 Å². The topological polar surface area (TPSA) is 76.4 Å². The normalized spacial score (nSPS) is 24.4. The van der Waals surface area contributed by atoms with Crippen LogP contribution in [0.15, 0.2) is 54.6 Å². The maximum absolute atomic E-state index is 11.9. The molecule has 2 N–H and O–H groups in total. The van der Waals surface area contributed by atoms with Crippen LogP contribution >= 0.6 is 0 Å². The molecule has 36 heavy (non-hydrogen) atoms. The third-order valence-electron chi connectivity index (χ3n) is 9.22. The average Bonchev–Trinajstić information content (AvgIpc) is 3.67. The fourth-order valence-electron chi connectivity index (χ4n) is 6.42. The quantitative estimate of drug-likeness (QED) is 0.448. The van der Waals surface area contributed by atoms with Crippen LogP contribution in [0.1, 0.15) is 74.0 Å². The lowest BCUT2D eigenvalue weighted by atomic mass is 9.67. The largest absolute Gasteiger partial charge is 0.481 e. The molecule has 1 unspecified atom stereocenters. The lowest BCUT2D eigenvalue weighted by Gasteiger charge is -2.47. The second-order valence-corrected chi connectivity index (χ2v) is 11.6. The zero-order valence-corrected chi connectivity index (χ0v) is 21.3. The molecule has 3 aliphatic rings. The Bertz CT molecular complexity index is 1060. The molecule has 5 rings (SSSR count). The van der Waals surface area contributed by atoms with Gasteiger partial charge in [0.25, 0.3) is 0 Å². The monoisotopic (exact) mass is 485 g/mol. The van der Waals surface area contributed by atoms with E-state index in [1.54, 1.807) is 0 Å². The average molecular weight is 486 g/mol. The van der Waals surface area contributed by atoms with E-state index in [0.29, 0.717) is 12.0 Å². The Morgan fingerprint density at radius 3 is 2.39 bits per heavy atom. The van der Waals surface area contributed by atoms with Gasteiger partial charge in [-0.3, -0.25) is 4.79 Å². The van der Waals surface area contributed by atoms with Crippen LogP contribution in [0, 0.1) is 22.2 Å². The van der Waals surface area contributed by atoms with E-state index >= 15 is 0 Å². The number of aliphatic carboxylic acids is 1. The van der Waals surface area contributed by atoms with Crippen LogP contribution in [0.2, 0.25) is 0 Å². The molecule has 0 aromatic heterocycles. The summed E-state index contributed by atoms with van der Waals surface area (Å²) >= 11 is 0. The molecular formula is C31H39N3O2. The molecule has 0 amide bonds.